The van der Waals surface area contributed by atoms with Crippen molar-refractivity contribution in [2.75, 3.05) is 0 Å². The third kappa shape index (κ3) is 5.52. The number of hydrogen-bond donors (Lipinski definition) is 0. The number of rotatable bonds is 0. The van der Waals surface area contributed by atoms with Gasteiger partial charge in [0.15, 0.2) is 0 Å². The molecule has 2 heteroatoms. The summed E-state index contributed by atoms with van der Waals surface area (Å²) in [7, 11) is 0. The first kappa shape index (κ1) is 12.7. The first-order chi connectivity index (χ1) is 6.80. The first-order valence-electron chi connectivity index (χ1n) is 6.09. The number of hydrogen-bond acceptors (Lipinski definition) is 0. The Kier molecular flexibility index (Phi) is 7.17. The molecule has 1 saturated carbocycles. The Morgan fingerprint density at radius 3 is 1.71 bits per heavy atom. The molecule has 0 unspecified atom stereocenters. The Bertz CT molecular complexity index is 122. The standard InChI is InChI=1S/C12H22FI/c13-11-9-7-5-3-1-2-4-6-8-10-12(11)14/h11-12H,1-10H2/t11-,12-/m1/s1. The van der Waals surface area contributed by atoms with E-state index < -0.39 is 6.17 Å². The quantitative estimate of drug-likeness (QED) is 0.434. The molecule has 2 atom stereocenters. The predicted molar refractivity (Wildman–Crippen MR) is 68.9 cm³/mol. The molecule has 0 aromatic carbocycles. The van der Waals surface area contributed by atoms with Gasteiger partial charge < -0.3 is 0 Å². The van der Waals surface area contributed by atoms with Crippen molar-refractivity contribution in [1.82, 2.24) is 0 Å². The zero-order valence-electron chi connectivity index (χ0n) is 8.98. The third-order valence-electron chi connectivity index (χ3n) is 3.10. The van der Waals surface area contributed by atoms with E-state index >= 15 is 0 Å². The average molecular weight is 312 g/mol. The van der Waals surface area contributed by atoms with E-state index in [1.807, 2.05) is 0 Å². The van der Waals surface area contributed by atoms with Gasteiger partial charge in [-0.3, -0.25) is 0 Å². The van der Waals surface area contributed by atoms with Crippen molar-refractivity contribution < 1.29 is 4.39 Å². The molecule has 0 heterocycles. The monoisotopic (exact) mass is 312 g/mol. The normalized spacial score (nSPS) is 33.0. The molecule has 0 aromatic heterocycles. The highest BCUT2D eigenvalue weighted by molar-refractivity contribution is 14.1. The van der Waals surface area contributed by atoms with Gasteiger partial charge in [0, 0.05) is 3.92 Å². The van der Waals surface area contributed by atoms with Crippen LogP contribution >= 0.6 is 22.6 Å². The minimum atomic E-state index is -0.546. The van der Waals surface area contributed by atoms with Gasteiger partial charge in [-0.25, -0.2) is 4.39 Å². The maximum absolute atomic E-state index is 13.6. The summed E-state index contributed by atoms with van der Waals surface area (Å²) >= 11 is 2.30. The molecule has 0 radical (unpaired) electrons. The van der Waals surface area contributed by atoms with Crippen LogP contribution in [0, 0.1) is 0 Å². The summed E-state index contributed by atoms with van der Waals surface area (Å²) in [5.41, 5.74) is 0. The molecule has 1 aliphatic carbocycles. The fourth-order valence-corrected chi connectivity index (χ4v) is 2.90. The van der Waals surface area contributed by atoms with E-state index in [2.05, 4.69) is 22.6 Å². The summed E-state index contributed by atoms with van der Waals surface area (Å²) < 4.78 is 13.8. The van der Waals surface area contributed by atoms with E-state index in [-0.39, 0.29) is 3.92 Å². The topological polar surface area (TPSA) is 0 Å². The van der Waals surface area contributed by atoms with Crippen LogP contribution in [0.3, 0.4) is 0 Å². The molecule has 84 valence electrons. The van der Waals surface area contributed by atoms with Crippen LogP contribution < -0.4 is 0 Å². The van der Waals surface area contributed by atoms with E-state index in [0.717, 1.165) is 19.3 Å². The van der Waals surface area contributed by atoms with Gasteiger partial charge in [-0.15, -0.1) is 0 Å². The molecule has 0 amide bonds. The summed E-state index contributed by atoms with van der Waals surface area (Å²) in [6.45, 7) is 0. The summed E-state index contributed by atoms with van der Waals surface area (Å²) in [4.78, 5) is 0. The molecule has 0 nitrogen and oxygen atoms in total. The largest absolute Gasteiger partial charge is 0.246 e. The molecule has 0 aromatic rings. The zero-order chi connectivity index (χ0) is 10.2. The van der Waals surface area contributed by atoms with Gasteiger partial charge in [-0.05, 0) is 12.8 Å². The molecule has 0 spiro atoms. The smallest absolute Gasteiger partial charge is 0.112 e. The van der Waals surface area contributed by atoms with E-state index in [4.69, 9.17) is 0 Å². The molecule has 1 rings (SSSR count). The Hall–Kier alpha value is 0.660. The molecule has 1 fully saturated rings. The van der Waals surface area contributed by atoms with Crippen LogP contribution in [-0.4, -0.2) is 10.1 Å². The van der Waals surface area contributed by atoms with E-state index in [1.54, 1.807) is 0 Å². The second-order valence-electron chi connectivity index (χ2n) is 4.44. The summed E-state index contributed by atoms with van der Waals surface area (Å²) in [5.74, 6) is 0. The molecule has 0 aliphatic heterocycles. The molecule has 14 heavy (non-hydrogen) atoms. The highest BCUT2D eigenvalue weighted by Gasteiger charge is 2.17. The van der Waals surface area contributed by atoms with Gasteiger partial charge in [0.2, 0.25) is 0 Å². The highest BCUT2D eigenvalue weighted by Crippen LogP contribution is 2.24. The third-order valence-corrected chi connectivity index (χ3v) is 4.51. The Labute approximate surface area is 101 Å². The van der Waals surface area contributed by atoms with Crippen molar-refractivity contribution >= 4 is 22.6 Å². The van der Waals surface area contributed by atoms with Gasteiger partial charge in [-0.2, -0.15) is 0 Å². The lowest BCUT2D eigenvalue weighted by Gasteiger charge is -2.16. The minimum Gasteiger partial charge on any atom is -0.246 e. The zero-order valence-corrected chi connectivity index (χ0v) is 11.1. The number of halogens is 2. The van der Waals surface area contributed by atoms with Crippen LogP contribution in [0.1, 0.15) is 64.2 Å². The molecular weight excluding hydrogens is 290 g/mol. The lowest BCUT2D eigenvalue weighted by molar-refractivity contribution is 0.292. The van der Waals surface area contributed by atoms with Crippen molar-refractivity contribution in [1.29, 1.82) is 0 Å². The minimum absolute atomic E-state index is 0.270. The van der Waals surface area contributed by atoms with Crippen LogP contribution in [0.25, 0.3) is 0 Å². The maximum Gasteiger partial charge on any atom is 0.112 e. The Morgan fingerprint density at radius 1 is 0.714 bits per heavy atom. The summed E-state index contributed by atoms with van der Waals surface area (Å²) in [6, 6.07) is 0. The van der Waals surface area contributed by atoms with Crippen molar-refractivity contribution in [3.8, 4) is 0 Å². The van der Waals surface area contributed by atoms with Gasteiger partial charge in [0.25, 0.3) is 0 Å². The lowest BCUT2D eigenvalue weighted by Crippen LogP contribution is -2.15. The van der Waals surface area contributed by atoms with Crippen LogP contribution in [0.5, 0.6) is 0 Å². The maximum atomic E-state index is 13.6. The second kappa shape index (κ2) is 7.89. The fraction of sp³-hybridized carbons (Fsp3) is 1.00. The second-order valence-corrected chi connectivity index (χ2v) is 6.04. The predicted octanol–water partition coefficient (Wildman–Crippen LogP) is 5.04. The van der Waals surface area contributed by atoms with Gasteiger partial charge in [0.1, 0.15) is 6.17 Å². The Balaban J connectivity index is 2.23. The van der Waals surface area contributed by atoms with Crippen molar-refractivity contribution in [2.24, 2.45) is 0 Å². The van der Waals surface area contributed by atoms with E-state index in [0.29, 0.717) is 0 Å². The SMILES string of the molecule is F[C@@H]1CCCCCCCCCC[C@H]1I. The number of alkyl halides is 2. The van der Waals surface area contributed by atoms with E-state index in [1.165, 1.54) is 44.9 Å². The molecule has 1 aliphatic rings. The Morgan fingerprint density at radius 2 is 1.14 bits per heavy atom. The molecular formula is C12H22FI. The van der Waals surface area contributed by atoms with E-state index in [9.17, 15) is 4.39 Å². The highest BCUT2D eigenvalue weighted by atomic mass is 127. The van der Waals surface area contributed by atoms with Gasteiger partial charge in [0.05, 0.1) is 0 Å². The van der Waals surface area contributed by atoms with Crippen LogP contribution in [-0.2, 0) is 0 Å². The van der Waals surface area contributed by atoms with Crippen LogP contribution in [0.4, 0.5) is 4.39 Å². The van der Waals surface area contributed by atoms with Crippen LogP contribution in [0.15, 0.2) is 0 Å². The van der Waals surface area contributed by atoms with Gasteiger partial charge >= 0.3 is 0 Å². The summed E-state index contributed by atoms with van der Waals surface area (Å²) in [6.07, 6.45) is 11.7. The lowest BCUT2D eigenvalue weighted by atomic mass is 10.0. The molecule has 0 N–H and O–H groups in total. The van der Waals surface area contributed by atoms with Crippen molar-refractivity contribution in [3.63, 3.8) is 0 Å². The van der Waals surface area contributed by atoms with Gasteiger partial charge in [-0.1, -0.05) is 74.0 Å². The average Bonchev–Trinajstić information content (AvgIpc) is 2.18. The molecule has 0 saturated heterocycles. The first-order valence-corrected chi connectivity index (χ1v) is 7.33. The summed E-state index contributed by atoms with van der Waals surface area (Å²) in [5, 5.41) is 0. The van der Waals surface area contributed by atoms with Crippen molar-refractivity contribution in [2.45, 2.75) is 74.3 Å². The molecule has 0 bridgehead atoms. The van der Waals surface area contributed by atoms with Crippen molar-refractivity contribution in [3.05, 3.63) is 0 Å². The fourth-order valence-electron chi connectivity index (χ4n) is 2.10. The van der Waals surface area contributed by atoms with Crippen LogP contribution in [0.2, 0.25) is 0 Å².